The lowest BCUT2D eigenvalue weighted by molar-refractivity contribution is 0.615. The van der Waals surface area contributed by atoms with Gasteiger partial charge in [-0.05, 0) is 120 Å². The summed E-state index contributed by atoms with van der Waals surface area (Å²) in [6.45, 7) is 0. The van der Waals surface area contributed by atoms with Crippen LogP contribution in [0.25, 0.3) is 117 Å². The molecule has 0 radical (unpaired) electrons. The lowest BCUT2D eigenvalue weighted by Crippen LogP contribution is -2.74. The third-order valence-corrected chi connectivity index (χ3v) is 20.0. The highest BCUT2D eigenvalue weighted by Gasteiger charge is 2.46. The standard InChI is InChI=1S/C68H43N3OSi/c1-3-19-45(20-4-1)73(46-21-5-2-6-22-46,65-43-62-53-28-12-9-25-50(53)58-31-17-39-69-66(58)67-59(68(62)72-65)32-18-40-70-67)47-36-38-55-54-37-35-44(71-63-33-15-13-29-56(63)57-30-14-16-34-64(57)71)41-60(54)51-26-10-7-23-48(51)49-24-8-11-27-52(49)61(55)42-47/h1-43H. The Bertz CT molecular complexity index is 4160. The average molecular weight is 946 g/mol. The van der Waals surface area contributed by atoms with Crippen LogP contribution in [0.15, 0.2) is 266 Å². The summed E-state index contributed by atoms with van der Waals surface area (Å²) < 4.78 is 10.2. The number of para-hydroxylation sites is 2. The van der Waals surface area contributed by atoms with Gasteiger partial charge in [0, 0.05) is 45.5 Å². The summed E-state index contributed by atoms with van der Waals surface area (Å²) in [5.41, 5.74) is 19.9. The molecule has 2 aliphatic rings. The van der Waals surface area contributed by atoms with E-state index in [1.807, 2.05) is 24.5 Å². The van der Waals surface area contributed by atoms with Crippen molar-refractivity contribution in [2.75, 3.05) is 0 Å². The molecule has 340 valence electrons. The zero-order valence-electron chi connectivity index (χ0n) is 39.6. The zero-order valence-corrected chi connectivity index (χ0v) is 40.6. The number of furan rings is 1. The van der Waals surface area contributed by atoms with E-state index >= 15 is 0 Å². The van der Waals surface area contributed by atoms with E-state index < -0.39 is 8.07 Å². The second-order valence-electron chi connectivity index (χ2n) is 19.1. The molecule has 4 nitrogen and oxygen atoms in total. The number of hydrogen-bond donors (Lipinski definition) is 0. The van der Waals surface area contributed by atoms with Crippen LogP contribution in [0.4, 0.5) is 0 Å². The first-order valence-corrected chi connectivity index (χ1v) is 27.0. The molecule has 0 saturated heterocycles. The van der Waals surface area contributed by atoms with Crippen LogP contribution in [-0.2, 0) is 0 Å². The molecular formula is C68H43N3OSi. The third-order valence-electron chi connectivity index (χ3n) is 15.4. The van der Waals surface area contributed by atoms with Crippen molar-refractivity contribution < 1.29 is 4.42 Å². The molecule has 9 aromatic carbocycles. The molecule has 0 aliphatic heterocycles. The highest BCUT2D eigenvalue weighted by atomic mass is 28.3. The highest BCUT2D eigenvalue weighted by Crippen LogP contribution is 2.50. The normalized spacial score (nSPS) is 12.1. The van der Waals surface area contributed by atoms with Crippen molar-refractivity contribution >= 4 is 50.8 Å². The molecule has 4 heterocycles. The van der Waals surface area contributed by atoms with E-state index in [2.05, 4.69) is 241 Å². The molecule has 0 saturated carbocycles. The molecule has 73 heavy (non-hydrogen) atoms. The molecule has 13 aromatic rings. The third kappa shape index (κ3) is 6.13. The van der Waals surface area contributed by atoms with Gasteiger partial charge in [-0.15, -0.1) is 0 Å². The quantitative estimate of drug-likeness (QED) is 0.128. The second-order valence-corrected chi connectivity index (χ2v) is 22.9. The first-order valence-electron chi connectivity index (χ1n) is 25.0. The summed E-state index contributed by atoms with van der Waals surface area (Å²) in [7, 11) is -3.35. The number of hydrogen-bond acceptors (Lipinski definition) is 3. The van der Waals surface area contributed by atoms with Gasteiger partial charge in [0.2, 0.25) is 8.07 Å². The predicted octanol–water partition coefficient (Wildman–Crippen LogP) is 14.5. The minimum Gasteiger partial charge on any atom is -0.464 e. The van der Waals surface area contributed by atoms with E-state index in [9.17, 15) is 0 Å². The first-order chi connectivity index (χ1) is 36.2. The van der Waals surface area contributed by atoms with E-state index in [-0.39, 0.29) is 0 Å². The average Bonchev–Trinajstić information content (AvgIpc) is 4.05. The molecule has 0 bridgehead atoms. The molecule has 0 unspecified atom stereocenters. The smallest absolute Gasteiger partial charge is 0.223 e. The van der Waals surface area contributed by atoms with E-state index in [4.69, 9.17) is 14.4 Å². The molecule has 5 heteroatoms. The zero-order chi connectivity index (χ0) is 48.0. The van der Waals surface area contributed by atoms with Gasteiger partial charge in [0.15, 0.2) is 0 Å². The van der Waals surface area contributed by atoms with Crippen LogP contribution in [-0.4, -0.2) is 22.6 Å². The monoisotopic (exact) mass is 945 g/mol. The van der Waals surface area contributed by atoms with Crippen molar-refractivity contribution in [2.24, 2.45) is 0 Å². The van der Waals surface area contributed by atoms with Gasteiger partial charge in [0.05, 0.1) is 22.1 Å². The molecule has 0 N–H and O–H groups in total. The van der Waals surface area contributed by atoms with Gasteiger partial charge in [-0.25, -0.2) is 0 Å². The first kappa shape index (κ1) is 41.4. The Morgan fingerprint density at radius 3 is 1.32 bits per heavy atom. The van der Waals surface area contributed by atoms with Crippen molar-refractivity contribution in [2.45, 2.75) is 0 Å². The molecule has 15 rings (SSSR count). The maximum Gasteiger partial charge on any atom is 0.223 e. The molecule has 0 atom stereocenters. The molecular weight excluding hydrogens is 903 g/mol. The van der Waals surface area contributed by atoms with Crippen molar-refractivity contribution in [3.63, 3.8) is 0 Å². The van der Waals surface area contributed by atoms with Gasteiger partial charge < -0.3 is 8.98 Å². The number of pyridine rings is 2. The van der Waals surface area contributed by atoms with E-state index in [0.717, 1.165) is 56.0 Å². The van der Waals surface area contributed by atoms with Gasteiger partial charge in [-0.3, -0.25) is 9.97 Å². The van der Waals surface area contributed by atoms with Crippen LogP contribution in [0.5, 0.6) is 0 Å². The summed E-state index contributed by atoms with van der Waals surface area (Å²) in [5.74, 6) is 0.798. The Morgan fingerprint density at radius 2 is 0.726 bits per heavy atom. The van der Waals surface area contributed by atoms with E-state index in [0.29, 0.717) is 0 Å². The fourth-order valence-electron chi connectivity index (χ4n) is 12.3. The highest BCUT2D eigenvalue weighted by molar-refractivity contribution is 7.19. The number of nitrogens with zero attached hydrogens (tertiary/aromatic N) is 3. The molecule has 2 aliphatic carbocycles. The summed E-state index contributed by atoms with van der Waals surface area (Å²) in [4.78, 5) is 10.0. The Labute approximate surface area is 423 Å². The maximum atomic E-state index is 7.73. The second kappa shape index (κ2) is 16.3. The Hall–Kier alpha value is -9.42. The number of fused-ring (bicyclic) bond motifs is 19. The number of rotatable bonds is 5. The van der Waals surface area contributed by atoms with Gasteiger partial charge in [-0.1, -0.05) is 200 Å². The Kier molecular flexibility index (Phi) is 9.25. The van der Waals surface area contributed by atoms with Gasteiger partial charge in [-0.2, -0.15) is 0 Å². The summed E-state index contributed by atoms with van der Waals surface area (Å²) in [6, 6.07) is 91.5. The van der Waals surface area contributed by atoms with Crippen LogP contribution < -0.4 is 20.9 Å². The molecule has 0 spiro atoms. The SMILES string of the molecule is c1ccc([Si](c2ccccc2)(c2ccc3c(c2)-c2ccccc2-c2ccccc2-c2cc(-n4c5ccccc5c5ccccc54)ccc2-3)c2cc3c(o2)-c2cccnc2-c2ncccc2-c2ccccc2-3)cc1. The lowest BCUT2D eigenvalue weighted by atomic mass is 9.81. The number of benzene rings is 9. The molecule has 4 aromatic heterocycles. The fourth-order valence-corrected chi connectivity index (χ4v) is 16.8. The molecule has 0 fully saturated rings. The Morgan fingerprint density at radius 1 is 0.301 bits per heavy atom. The van der Waals surface area contributed by atoms with Crippen molar-refractivity contribution in [1.29, 1.82) is 0 Å². The van der Waals surface area contributed by atoms with Crippen molar-refractivity contribution in [3.05, 3.63) is 261 Å². The van der Waals surface area contributed by atoms with E-state index in [1.54, 1.807) is 0 Å². The minimum absolute atomic E-state index is 0.798. The van der Waals surface area contributed by atoms with Crippen LogP contribution in [0, 0.1) is 0 Å². The van der Waals surface area contributed by atoms with E-state index in [1.165, 1.54) is 81.9 Å². The lowest BCUT2D eigenvalue weighted by Gasteiger charge is -2.33. The largest absolute Gasteiger partial charge is 0.464 e. The maximum absolute atomic E-state index is 7.73. The van der Waals surface area contributed by atoms with Crippen molar-refractivity contribution in [1.82, 2.24) is 14.5 Å². The summed E-state index contributed by atoms with van der Waals surface area (Å²) in [5, 5.41) is 7.12. The topological polar surface area (TPSA) is 43.9 Å². The molecule has 0 amide bonds. The van der Waals surface area contributed by atoms with Crippen LogP contribution in [0.3, 0.4) is 0 Å². The fraction of sp³-hybridized carbons (Fsp3) is 0. The summed E-state index contributed by atoms with van der Waals surface area (Å²) >= 11 is 0. The van der Waals surface area contributed by atoms with Gasteiger partial charge in [0.1, 0.15) is 11.5 Å². The van der Waals surface area contributed by atoms with Gasteiger partial charge in [0.25, 0.3) is 0 Å². The predicted molar refractivity (Wildman–Crippen MR) is 303 cm³/mol. The summed E-state index contributed by atoms with van der Waals surface area (Å²) in [6.07, 6.45) is 3.72. The minimum atomic E-state index is -3.35. The van der Waals surface area contributed by atoms with Gasteiger partial charge >= 0.3 is 0 Å². The van der Waals surface area contributed by atoms with Crippen LogP contribution in [0.2, 0.25) is 0 Å². The Balaban J connectivity index is 1.03. The van der Waals surface area contributed by atoms with Crippen LogP contribution in [0.1, 0.15) is 0 Å². The van der Waals surface area contributed by atoms with Crippen molar-refractivity contribution in [3.8, 4) is 95.2 Å². The van der Waals surface area contributed by atoms with Crippen LogP contribution >= 0.6 is 0 Å². The number of aromatic nitrogens is 3.